The fourth-order valence-electron chi connectivity index (χ4n) is 4.08. The van der Waals surface area contributed by atoms with Crippen LogP contribution >= 0.6 is 0 Å². The lowest BCUT2D eigenvalue weighted by molar-refractivity contribution is -0.138. The third-order valence-corrected chi connectivity index (χ3v) is 5.92. The van der Waals surface area contributed by atoms with Gasteiger partial charge in [-0.05, 0) is 43.4 Å². The minimum Gasteiger partial charge on any atom is -0.497 e. The molecular formula is C21H29N3O4. The molecule has 28 heavy (non-hydrogen) atoms. The van der Waals surface area contributed by atoms with Crippen molar-refractivity contribution < 1.29 is 19.1 Å². The molecule has 1 aromatic carbocycles. The van der Waals surface area contributed by atoms with Crippen LogP contribution in [0.1, 0.15) is 44.6 Å². The van der Waals surface area contributed by atoms with Gasteiger partial charge in [0.25, 0.3) is 5.91 Å². The monoisotopic (exact) mass is 387 g/mol. The van der Waals surface area contributed by atoms with Gasteiger partial charge in [0, 0.05) is 13.6 Å². The van der Waals surface area contributed by atoms with E-state index in [0.29, 0.717) is 23.8 Å². The first-order valence-electron chi connectivity index (χ1n) is 9.87. The molecule has 7 heteroatoms. The molecule has 1 heterocycles. The number of urea groups is 1. The molecular weight excluding hydrogens is 358 g/mol. The van der Waals surface area contributed by atoms with Crippen molar-refractivity contribution in [2.45, 2.75) is 44.6 Å². The van der Waals surface area contributed by atoms with Crippen molar-refractivity contribution in [3.8, 4) is 5.75 Å². The molecule has 3 rings (SSSR count). The number of nitrogens with zero attached hydrogens (tertiary/aromatic N) is 2. The molecule has 1 atom stereocenters. The van der Waals surface area contributed by atoms with Gasteiger partial charge in [0.15, 0.2) is 0 Å². The smallest absolute Gasteiger partial charge is 0.325 e. The number of benzene rings is 1. The van der Waals surface area contributed by atoms with Gasteiger partial charge in [-0.15, -0.1) is 0 Å². The van der Waals surface area contributed by atoms with Crippen LogP contribution in [0.4, 0.5) is 4.79 Å². The van der Waals surface area contributed by atoms with E-state index in [0.717, 1.165) is 17.7 Å². The summed E-state index contributed by atoms with van der Waals surface area (Å²) in [7, 11) is 3.31. The van der Waals surface area contributed by atoms with Crippen molar-refractivity contribution in [2.24, 2.45) is 5.92 Å². The van der Waals surface area contributed by atoms with Crippen molar-refractivity contribution in [2.75, 3.05) is 27.2 Å². The van der Waals surface area contributed by atoms with E-state index in [9.17, 15) is 14.4 Å². The van der Waals surface area contributed by atoms with Crippen LogP contribution in [0.25, 0.3) is 0 Å². The Morgan fingerprint density at radius 3 is 2.46 bits per heavy atom. The average molecular weight is 387 g/mol. The molecule has 0 aromatic heterocycles. The number of carbonyl (C=O) groups is 3. The Balaban J connectivity index is 1.66. The lowest BCUT2D eigenvalue weighted by atomic mass is 9.89. The normalized spacial score (nSPS) is 22.9. The number of carbonyl (C=O) groups excluding carboxylic acids is 3. The summed E-state index contributed by atoms with van der Waals surface area (Å²) < 4.78 is 5.14. The number of rotatable bonds is 6. The van der Waals surface area contributed by atoms with Crippen LogP contribution in [-0.2, 0) is 15.1 Å². The third-order valence-electron chi connectivity index (χ3n) is 5.92. The maximum Gasteiger partial charge on any atom is 0.325 e. The Kier molecular flexibility index (Phi) is 5.91. The highest BCUT2D eigenvalue weighted by molar-refractivity contribution is 6.09. The largest absolute Gasteiger partial charge is 0.497 e. The summed E-state index contributed by atoms with van der Waals surface area (Å²) in [6, 6.07) is 6.44. The van der Waals surface area contributed by atoms with E-state index in [1.165, 1.54) is 19.3 Å². The zero-order valence-electron chi connectivity index (χ0n) is 16.9. The molecule has 1 saturated heterocycles. The first-order valence-corrected chi connectivity index (χ1v) is 9.87. The lowest BCUT2D eigenvalue weighted by Crippen LogP contribution is -2.44. The first-order chi connectivity index (χ1) is 13.3. The zero-order chi connectivity index (χ0) is 20.3. The quantitative estimate of drug-likeness (QED) is 0.761. The summed E-state index contributed by atoms with van der Waals surface area (Å²) in [5.74, 6) is 0.547. The van der Waals surface area contributed by atoms with Crippen molar-refractivity contribution >= 4 is 17.8 Å². The molecule has 1 aromatic rings. The van der Waals surface area contributed by atoms with Crippen LogP contribution < -0.4 is 10.1 Å². The number of likely N-dealkylation sites (N-methyl/N-ethyl adjacent to an activating group) is 1. The number of nitrogens with one attached hydrogen (secondary N) is 1. The van der Waals surface area contributed by atoms with Gasteiger partial charge in [-0.2, -0.15) is 0 Å². The highest BCUT2D eigenvalue weighted by Crippen LogP contribution is 2.30. The second-order valence-corrected chi connectivity index (χ2v) is 7.95. The van der Waals surface area contributed by atoms with Crippen molar-refractivity contribution in [1.82, 2.24) is 15.1 Å². The first kappa shape index (κ1) is 20.2. The maximum atomic E-state index is 13.0. The average Bonchev–Trinajstić information content (AvgIpc) is 2.92. The molecule has 1 saturated carbocycles. The lowest BCUT2D eigenvalue weighted by Gasteiger charge is -2.28. The number of imide groups is 1. The molecule has 4 amide bonds. The van der Waals surface area contributed by atoms with Gasteiger partial charge in [-0.3, -0.25) is 14.5 Å². The molecule has 2 aliphatic rings. The Morgan fingerprint density at radius 2 is 1.86 bits per heavy atom. The molecule has 1 aliphatic heterocycles. The van der Waals surface area contributed by atoms with E-state index in [1.54, 1.807) is 50.2 Å². The summed E-state index contributed by atoms with van der Waals surface area (Å²) >= 11 is 0. The maximum absolute atomic E-state index is 13.0. The number of hydrogen-bond donors (Lipinski definition) is 1. The summed E-state index contributed by atoms with van der Waals surface area (Å²) in [6.45, 7) is 2.10. The molecule has 0 radical (unpaired) electrons. The summed E-state index contributed by atoms with van der Waals surface area (Å²) in [4.78, 5) is 40.7. The number of ether oxygens (including phenoxy) is 1. The SMILES string of the molecule is COc1ccc(C2(C)NC(=O)N(CC(=O)N(C)CC3CCCCC3)C2=O)cc1. The molecule has 152 valence electrons. The molecule has 1 aliphatic carbocycles. The predicted octanol–water partition coefficient (Wildman–Crippen LogP) is 2.50. The van der Waals surface area contributed by atoms with Gasteiger partial charge in [-0.25, -0.2) is 4.79 Å². The highest BCUT2D eigenvalue weighted by Gasteiger charge is 2.49. The van der Waals surface area contributed by atoms with Gasteiger partial charge in [0.2, 0.25) is 5.91 Å². The third kappa shape index (κ3) is 3.98. The molecule has 1 N–H and O–H groups in total. The van der Waals surface area contributed by atoms with E-state index in [-0.39, 0.29) is 12.5 Å². The van der Waals surface area contributed by atoms with Crippen LogP contribution in [0.5, 0.6) is 5.75 Å². The van der Waals surface area contributed by atoms with Gasteiger partial charge < -0.3 is 15.0 Å². The molecule has 0 bridgehead atoms. The Labute approximate surface area is 166 Å². The van der Waals surface area contributed by atoms with Gasteiger partial charge in [0.05, 0.1) is 7.11 Å². The van der Waals surface area contributed by atoms with Crippen LogP contribution in [-0.4, -0.2) is 54.9 Å². The molecule has 7 nitrogen and oxygen atoms in total. The van der Waals surface area contributed by atoms with Gasteiger partial charge in [-0.1, -0.05) is 31.4 Å². The minimum atomic E-state index is -1.19. The van der Waals surface area contributed by atoms with Crippen molar-refractivity contribution in [3.05, 3.63) is 29.8 Å². The van der Waals surface area contributed by atoms with E-state index >= 15 is 0 Å². The second-order valence-electron chi connectivity index (χ2n) is 7.95. The van der Waals surface area contributed by atoms with Gasteiger partial charge in [0.1, 0.15) is 17.8 Å². The second kappa shape index (κ2) is 8.20. The minimum absolute atomic E-state index is 0.215. The molecule has 2 fully saturated rings. The van der Waals surface area contributed by atoms with E-state index in [1.807, 2.05) is 0 Å². The van der Waals surface area contributed by atoms with Gasteiger partial charge >= 0.3 is 6.03 Å². The topological polar surface area (TPSA) is 79.0 Å². The Hall–Kier alpha value is -2.57. The summed E-state index contributed by atoms with van der Waals surface area (Å²) in [5.41, 5.74) is -0.539. The number of methoxy groups -OCH3 is 1. The predicted molar refractivity (Wildman–Crippen MR) is 105 cm³/mol. The van der Waals surface area contributed by atoms with Crippen LogP contribution in [0.15, 0.2) is 24.3 Å². The standard InChI is InChI=1S/C21H29N3O4/c1-21(16-9-11-17(28-3)12-10-16)19(26)24(20(27)22-21)14-18(25)23(2)13-15-7-5-4-6-8-15/h9-12,15H,4-8,13-14H2,1-3H3,(H,22,27). The van der Waals surface area contributed by atoms with Crippen LogP contribution in [0.3, 0.4) is 0 Å². The highest BCUT2D eigenvalue weighted by atomic mass is 16.5. The fraction of sp³-hybridized carbons (Fsp3) is 0.571. The molecule has 0 spiro atoms. The van der Waals surface area contributed by atoms with E-state index in [4.69, 9.17) is 4.74 Å². The molecule has 1 unspecified atom stereocenters. The summed E-state index contributed by atoms with van der Waals surface area (Å²) in [5, 5.41) is 2.74. The van der Waals surface area contributed by atoms with E-state index in [2.05, 4.69) is 5.32 Å². The van der Waals surface area contributed by atoms with Crippen molar-refractivity contribution in [1.29, 1.82) is 0 Å². The van der Waals surface area contributed by atoms with Crippen LogP contribution in [0, 0.1) is 5.92 Å². The Bertz CT molecular complexity index is 743. The summed E-state index contributed by atoms with van der Waals surface area (Å²) in [6.07, 6.45) is 5.95. The number of amides is 4. The Morgan fingerprint density at radius 1 is 1.21 bits per heavy atom. The van der Waals surface area contributed by atoms with E-state index < -0.39 is 17.5 Å². The fourth-order valence-corrected chi connectivity index (χ4v) is 4.08. The van der Waals surface area contributed by atoms with Crippen molar-refractivity contribution in [3.63, 3.8) is 0 Å². The number of hydrogen-bond acceptors (Lipinski definition) is 4. The van der Waals surface area contributed by atoms with Crippen LogP contribution in [0.2, 0.25) is 0 Å². The zero-order valence-corrected chi connectivity index (χ0v) is 16.9.